The number of aliphatic hydroxyl groups is 8. The molecule has 4 aliphatic heterocycles. The number of carbonyl (C=O) groups is 2. The molecule has 25 heteroatoms. The number of rotatable bonds is 15. The summed E-state index contributed by atoms with van der Waals surface area (Å²) in [6.07, 6.45) is -17.9. The van der Waals surface area contributed by atoms with Crippen molar-refractivity contribution in [3.05, 3.63) is 88.2 Å². The van der Waals surface area contributed by atoms with Crippen molar-refractivity contribution in [1.29, 1.82) is 0 Å². The fraction of sp³-hybridized carbons (Fsp3) is 0.583. The molecule has 1 saturated carbocycles. The van der Waals surface area contributed by atoms with Gasteiger partial charge in [0.05, 0.1) is 37.4 Å². The smallest absolute Gasteiger partial charge is 0.251 e. The van der Waals surface area contributed by atoms with Gasteiger partial charge in [-0.15, -0.1) is 0 Å². The second-order valence-corrected chi connectivity index (χ2v) is 19.5. The number of hydrogen-bond acceptors (Lipinski definition) is 24. The van der Waals surface area contributed by atoms with E-state index in [4.69, 9.17) is 56.1 Å². The van der Waals surface area contributed by atoms with Crippen LogP contribution in [-0.4, -0.2) is 228 Å². The summed E-state index contributed by atoms with van der Waals surface area (Å²) in [5.74, 6) is -1.82. The number of hydrogen-bond donors (Lipinski definition) is 13. The lowest BCUT2D eigenvalue weighted by Crippen LogP contribution is -2.68. The van der Waals surface area contributed by atoms with Crippen LogP contribution in [0.4, 0.5) is 5.69 Å². The number of nitrogens with two attached hydrogens (primary N) is 4. The molecule has 2 aromatic carbocycles. The van der Waals surface area contributed by atoms with Crippen molar-refractivity contribution in [2.75, 3.05) is 52.8 Å². The van der Waals surface area contributed by atoms with Gasteiger partial charge in [-0.3, -0.25) is 4.79 Å². The molecule has 1 amide bonds. The highest BCUT2D eigenvalue weighted by molar-refractivity contribution is 6.03. The number of nitrogens with one attached hydrogen (secondary N) is 1. The zero-order valence-corrected chi connectivity index (χ0v) is 40.4. The Bertz CT molecular complexity index is 2430. The summed E-state index contributed by atoms with van der Waals surface area (Å²) in [5.41, 5.74) is 28.4. The van der Waals surface area contributed by atoms with E-state index < -0.39 is 154 Å². The van der Waals surface area contributed by atoms with E-state index in [2.05, 4.69) is 5.32 Å². The van der Waals surface area contributed by atoms with Crippen molar-refractivity contribution in [2.45, 2.75) is 129 Å². The SMILES string of the molecule is CN(C)C1=CC2Oc3cc(N(C)C)ccc3C(c3ccc(C(=O)NC[C@@H]4O[C@H](O[C@H]5[C@@H](O)[C@H](O[C@@H]6[C@@H](O)[C@H](N)C[C@H](N)[C@H]6O[C@H]6O[C@H](CO)[C@@H](O)[C@H](O)[C@H]6N)O[C@@H]5CO)[C@H](N)[C@@H](O)[C@@H]4O)cc3C(=O)[O-])=C2C=C1. The number of carboxylic acids is 1. The highest BCUT2D eigenvalue weighted by Gasteiger charge is 2.54. The Morgan fingerprint density at radius 2 is 1.29 bits per heavy atom. The van der Waals surface area contributed by atoms with Crippen molar-refractivity contribution >= 4 is 23.1 Å². The van der Waals surface area contributed by atoms with Crippen LogP contribution in [0, 0.1) is 0 Å². The Morgan fingerprint density at radius 3 is 1.92 bits per heavy atom. The van der Waals surface area contributed by atoms with E-state index in [0.717, 1.165) is 11.4 Å². The molecular formula is C48H66N7O18-. The predicted molar refractivity (Wildman–Crippen MR) is 253 cm³/mol. The average molecular weight is 1030 g/mol. The van der Waals surface area contributed by atoms with Gasteiger partial charge in [-0.25, -0.2) is 0 Å². The van der Waals surface area contributed by atoms with Gasteiger partial charge in [0.25, 0.3) is 5.91 Å². The van der Waals surface area contributed by atoms with Gasteiger partial charge in [0.2, 0.25) is 0 Å². The fourth-order valence-electron chi connectivity index (χ4n) is 9.92. The van der Waals surface area contributed by atoms with Crippen molar-refractivity contribution < 1.29 is 88.7 Å². The summed E-state index contributed by atoms with van der Waals surface area (Å²) >= 11 is 0. The van der Waals surface area contributed by atoms with Gasteiger partial charge in [0, 0.05) is 92.1 Å². The zero-order chi connectivity index (χ0) is 52.9. The largest absolute Gasteiger partial charge is 0.545 e. The van der Waals surface area contributed by atoms with Crippen LogP contribution in [-0.2, 0) is 28.4 Å². The van der Waals surface area contributed by atoms with Crippen LogP contribution in [0.2, 0.25) is 0 Å². The summed E-state index contributed by atoms with van der Waals surface area (Å²) in [4.78, 5) is 30.5. The number of aliphatic hydroxyl groups excluding tert-OH is 8. The molecule has 0 radical (unpaired) electrons. The van der Waals surface area contributed by atoms with E-state index >= 15 is 0 Å². The van der Waals surface area contributed by atoms with Crippen LogP contribution in [0.25, 0.3) is 5.57 Å². The quantitative estimate of drug-likeness (QED) is 0.0789. The highest BCUT2D eigenvalue weighted by atomic mass is 16.8. The third-order valence-electron chi connectivity index (χ3n) is 14.2. The van der Waals surface area contributed by atoms with Gasteiger partial charge in [-0.1, -0.05) is 12.1 Å². The molecule has 4 fully saturated rings. The number of benzene rings is 2. The van der Waals surface area contributed by atoms with Gasteiger partial charge in [0.1, 0.15) is 79.0 Å². The molecule has 2 aromatic rings. The fourth-order valence-corrected chi connectivity index (χ4v) is 9.92. The van der Waals surface area contributed by atoms with Crippen molar-refractivity contribution in [1.82, 2.24) is 10.2 Å². The molecule has 402 valence electrons. The third kappa shape index (κ3) is 10.8. The molecule has 20 atom stereocenters. The van der Waals surface area contributed by atoms with Crippen LogP contribution in [0.15, 0.2) is 65.9 Å². The highest BCUT2D eigenvalue weighted by Crippen LogP contribution is 2.45. The van der Waals surface area contributed by atoms with Crippen LogP contribution in [0.1, 0.15) is 38.3 Å². The number of carboxylic acid groups (broad SMARTS) is 1. The minimum Gasteiger partial charge on any atom is -0.545 e. The molecule has 0 bridgehead atoms. The molecule has 25 nitrogen and oxygen atoms in total. The standard InChI is InChI=1S/C48H67N7O18/c1-54(2)19-6-9-22-27(12-19)67-28-13-20(55(3)4)7-10-23(28)32(22)21-8-5-18(11-24(21)45(65)66)44(64)53-15-29-36(59)38(61)33(51)46(68-29)72-42-31(17-57)70-48(40(42)63)73-43-35(58)25(49)14-26(50)41(43)71-47-34(52)39(62)37(60)30(16-56)69-47/h5-13,25-27,29-31,33-43,46-48,56-63H,14-17,49-52H2,1-4H3,(H,53,64)(H,65,66)/p-1/t25-,26+,27?,29+,30-,31-,33-,34-,35+,36-,37-,38-,39-,40-,41-,42-,43-,46-,47-,48+/m1/s1. The summed E-state index contributed by atoms with van der Waals surface area (Å²) in [6.45, 7) is -1.95. The Kier molecular flexibility index (Phi) is 16.6. The van der Waals surface area contributed by atoms with E-state index in [9.17, 15) is 55.5 Å². The monoisotopic (exact) mass is 1030 g/mol. The lowest BCUT2D eigenvalue weighted by Gasteiger charge is -2.47. The molecule has 1 unspecified atom stereocenters. The number of amides is 1. The molecule has 0 aromatic heterocycles. The second kappa shape index (κ2) is 22.2. The number of allylic oxidation sites excluding steroid dienone is 1. The van der Waals surface area contributed by atoms with Gasteiger partial charge in [-0.2, -0.15) is 0 Å². The first-order valence-electron chi connectivity index (χ1n) is 23.8. The van der Waals surface area contributed by atoms with Gasteiger partial charge >= 0.3 is 0 Å². The molecule has 0 spiro atoms. The Labute approximate surface area is 419 Å². The second-order valence-electron chi connectivity index (χ2n) is 19.5. The molecule has 2 aliphatic carbocycles. The van der Waals surface area contributed by atoms with Crippen molar-refractivity contribution in [3.63, 3.8) is 0 Å². The summed E-state index contributed by atoms with van der Waals surface area (Å²) < 4.78 is 42.0. The number of fused-ring (bicyclic) bond motifs is 2. The van der Waals surface area contributed by atoms with Gasteiger partial charge in [-0.05, 0) is 48.4 Å². The van der Waals surface area contributed by atoms with E-state index in [1.165, 1.54) is 18.2 Å². The molecular weight excluding hydrogens is 963 g/mol. The first kappa shape index (κ1) is 54.5. The molecule has 6 aliphatic rings. The predicted octanol–water partition coefficient (Wildman–Crippen LogP) is -6.38. The number of likely N-dealkylation sites (N-methyl/N-ethyl adjacent to an activating group) is 1. The molecule has 8 rings (SSSR count). The minimum absolute atomic E-state index is 0.000884. The van der Waals surface area contributed by atoms with E-state index in [1.54, 1.807) is 0 Å². The number of anilines is 1. The number of ether oxygens (including phenoxy) is 7. The van der Waals surface area contributed by atoms with E-state index in [0.29, 0.717) is 22.5 Å². The minimum atomic E-state index is -1.78. The number of aromatic carboxylic acids is 1. The topological polar surface area (TPSA) is 406 Å². The van der Waals surface area contributed by atoms with E-state index in [-0.39, 0.29) is 23.1 Å². The average Bonchev–Trinajstić information content (AvgIpc) is 3.66. The Hall–Kier alpha value is -4.72. The maximum atomic E-state index is 13.8. The van der Waals surface area contributed by atoms with Crippen LogP contribution in [0.5, 0.6) is 5.75 Å². The lowest BCUT2D eigenvalue weighted by molar-refractivity contribution is -0.310. The summed E-state index contributed by atoms with van der Waals surface area (Å²) in [6, 6.07) is 4.93. The summed E-state index contributed by atoms with van der Waals surface area (Å²) in [5, 5.41) is 101. The van der Waals surface area contributed by atoms with Gasteiger partial charge in [0.15, 0.2) is 18.9 Å². The van der Waals surface area contributed by atoms with Crippen LogP contribution < -0.4 is 43.0 Å². The van der Waals surface area contributed by atoms with Crippen molar-refractivity contribution in [2.24, 2.45) is 22.9 Å². The van der Waals surface area contributed by atoms with Gasteiger partial charge < -0.3 is 122 Å². The van der Waals surface area contributed by atoms with Crippen LogP contribution in [0.3, 0.4) is 0 Å². The van der Waals surface area contributed by atoms with Crippen molar-refractivity contribution in [3.8, 4) is 5.75 Å². The van der Waals surface area contributed by atoms with Crippen LogP contribution >= 0.6 is 0 Å². The third-order valence-corrected chi connectivity index (χ3v) is 14.2. The molecule has 4 heterocycles. The first-order valence-corrected chi connectivity index (χ1v) is 23.8. The Morgan fingerprint density at radius 1 is 0.685 bits per heavy atom. The Balaban J connectivity index is 0.965. The normalized spacial score (nSPS) is 38.2. The molecule has 73 heavy (non-hydrogen) atoms. The number of carbonyl (C=O) groups excluding carboxylic acids is 2. The zero-order valence-electron chi connectivity index (χ0n) is 40.4. The molecule has 17 N–H and O–H groups in total. The maximum absolute atomic E-state index is 13.8. The maximum Gasteiger partial charge on any atom is 0.251 e. The first-order chi connectivity index (χ1) is 34.6. The number of nitrogens with zero attached hydrogens (tertiary/aromatic N) is 2. The summed E-state index contributed by atoms with van der Waals surface area (Å²) in [7, 11) is 7.55. The lowest BCUT2D eigenvalue weighted by atomic mass is 9.83. The molecule has 3 saturated heterocycles. The van der Waals surface area contributed by atoms with E-state index in [1.807, 2.05) is 74.4 Å².